The highest BCUT2D eigenvalue weighted by Gasteiger charge is 2.08. The van der Waals surface area contributed by atoms with Crippen molar-refractivity contribution < 1.29 is 9.53 Å². The topological polar surface area (TPSA) is 52.3 Å². The van der Waals surface area contributed by atoms with E-state index in [0.717, 1.165) is 23.3 Å². The molecule has 1 amide bonds. The third-order valence-corrected chi connectivity index (χ3v) is 2.41. The van der Waals surface area contributed by atoms with Crippen LogP contribution in [0.2, 0.25) is 0 Å². The van der Waals surface area contributed by atoms with Crippen molar-refractivity contribution in [1.82, 2.24) is 0 Å². The van der Waals surface area contributed by atoms with Crippen molar-refractivity contribution in [1.29, 1.82) is 0 Å². The van der Waals surface area contributed by atoms with Crippen LogP contribution >= 0.6 is 0 Å². The number of nitrogens with two attached hydrogens (primary N) is 1. The van der Waals surface area contributed by atoms with Gasteiger partial charge in [0.2, 0.25) is 5.91 Å². The molecule has 1 aromatic carbocycles. The van der Waals surface area contributed by atoms with Crippen molar-refractivity contribution in [2.75, 3.05) is 7.11 Å². The lowest BCUT2D eigenvalue weighted by atomic mass is 9.96. The van der Waals surface area contributed by atoms with Gasteiger partial charge < -0.3 is 10.5 Å². The lowest BCUT2D eigenvalue weighted by molar-refractivity contribution is -0.117. The van der Waals surface area contributed by atoms with Crippen LogP contribution in [0.5, 0.6) is 5.75 Å². The highest BCUT2D eigenvalue weighted by atomic mass is 16.5. The second-order valence-electron chi connectivity index (χ2n) is 4.38. The first-order valence-corrected chi connectivity index (χ1v) is 5.47. The summed E-state index contributed by atoms with van der Waals surface area (Å²) >= 11 is 0. The first-order chi connectivity index (χ1) is 7.52. The fraction of sp³-hybridized carbons (Fsp3) is 0.462. The van der Waals surface area contributed by atoms with E-state index in [1.165, 1.54) is 0 Å². The molecule has 0 unspecified atom stereocenters. The molecule has 0 radical (unpaired) electrons. The zero-order valence-corrected chi connectivity index (χ0v) is 10.1. The van der Waals surface area contributed by atoms with E-state index in [9.17, 15) is 4.79 Å². The largest absolute Gasteiger partial charge is 0.497 e. The molecule has 0 aliphatic carbocycles. The van der Waals surface area contributed by atoms with Gasteiger partial charge in [-0.05, 0) is 35.6 Å². The number of amides is 1. The number of primary amides is 1. The molecule has 0 saturated heterocycles. The summed E-state index contributed by atoms with van der Waals surface area (Å²) in [4.78, 5) is 11.0. The first-order valence-electron chi connectivity index (χ1n) is 5.47. The Morgan fingerprint density at radius 2 is 2.06 bits per heavy atom. The minimum Gasteiger partial charge on any atom is -0.497 e. The van der Waals surface area contributed by atoms with Crippen molar-refractivity contribution in [3.8, 4) is 5.75 Å². The number of methoxy groups -OCH3 is 1. The summed E-state index contributed by atoms with van der Waals surface area (Å²) in [5.74, 6) is 1.07. The van der Waals surface area contributed by atoms with E-state index in [2.05, 4.69) is 13.8 Å². The molecule has 0 fully saturated rings. The molecule has 0 saturated carbocycles. The van der Waals surface area contributed by atoms with Crippen LogP contribution in [-0.4, -0.2) is 13.0 Å². The van der Waals surface area contributed by atoms with E-state index in [1.807, 2.05) is 18.2 Å². The van der Waals surface area contributed by atoms with E-state index in [0.29, 0.717) is 12.3 Å². The second kappa shape index (κ2) is 5.54. The van der Waals surface area contributed by atoms with Gasteiger partial charge in [0.25, 0.3) is 0 Å². The number of hydrogen-bond acceptors (Lipinski definition) is 2. The van der Waals surface area contributed by atoms with Gasteiger partial charge in [-0.15, -0.1) is 0 Å². The second-order valence-corrected chi connectivity index (χ2v) is 4.38. The molecule has 0 aliphatic rings. The predicted octanol–water partition coefficient (Wildman–Crippen LogP) is 1.92. The summed E-state index contributed by atoms with van der Waals surface area (Å²) in [5, 5.41) is 0. The summed E-state index contributed by atoms with van der Waals surface area (Å²) in [6, 6.07) is 5.77. The minimum atomic E-state index is -0.296. The molecule has 0 aromatic heterocycles. The summed E-state index contributed by atoms with van der Waals surface area (Å²) in [7, 11) is 1.64. The van der Waals surface area contributed by atoms with Crippen LogP contribution in [-0.2, 0) is 17.6 Å². The maximum Gasteiger partial charge on any atom is 0.221 e. The molecule has 3 nitrogen and oxygen atoms in total. The van der Waals surface area contributed by atoms with Gasteiger partial charge in [-0.25, -0.2) is 0 Å². The number of ether oxygens (including phenoxy) is 1. The highest BCUT2D eigenvalue weighted by Crippen LogP contribution is 2.21. The van der Waals surface area contributed by atoms with Crippen molar-refractivity contribution in [2.45, 2.75) is 26.7 Å². The van der Waals surface area contributed by atoms with Crippen molar-refractivity contribution >= 4 is 5.91 Å². The van der Waals surface area contributed by atoms with Crippen molar-refractivity contribution in [3.63, 3.8) is 0 Å². The summed E-state index contributed by atoms with van der Waals surface area (Å²) < 4.78 is 5.18. The summed E-state index contributed by atoms with van der Waals surface area (Å²) in [6.45, 7) is 4.29. The highest BCUT2D eigenvalue weighted by molar-refractivity contribution is 5.77. The molecule has 1 aromatic rings. The van der Waals surface area contributed by atoms with Crippen molar-refractivity contribution in [3.05, 3.63) is 29.3 Å². The smallest absolute Gasteiger partial charge is 0.221 e. The molecule has 3 heteroatoms. The fourth-order valence-corrected chi connectivity index (χ4v) is 1.72. The van der Waals surface area contributed by atoms with E-state index in [-0.39, 0.29) is 5.91 Å². The third kappa shape index (κ3) is 3.57. The Hall–Kier alpha value is -1.51. The number of carbonyl (C=O) groups excluding carboxylic acids is 1. The maximum atomic E-state index is 11.0. The molecule has 1 rings (SSSR count). The Morgan fingerprint density at radius 3 is 2.56 bits per heavy atom. The van der Waals surface area contributed by atoms with E-state index in [1.54, 1.807) is 7.11 Å². The van der Waals surface area contributed by atoms with Crippen LogP contribution in [0.3, 0.4) is 0 Å². The lowest BCUT2D eigenvalue weighted by Crippen LogP contribution is -2.15. The number of rotatable bonds is 5. The van der Waals surface area contributed by atoms with Gasteiger partial charge in [0.1, 0.15) is 5.75 Å². The molecular weight excluding hydrogens is 202 g/mol. The molecule has 16 heavy (non-hydrogen) atoms. The predicted molar refractivity (Wildman–Crippen MR) is 64.4 cm³/mol. The molecule has 0 heterocycles. The molecular formula is C13H19NO2. The average Bonchev–Trinajstić information content (AvgIpc) is 2.19. The Bertz CT molecular complexity index is 372. The van der Waals surface area contributed by atoms with Crippen LogP contribution < -0.4 is 10.5 Å². The summed E-state index contributed by atoms with van der Waals surface area (Å²) in [5.41, 5.74) is 7.37. The van der Waals surface area contributed by atoms with Gasteiger partial charge in [0.05, 0.1) is 13.5 Å². The number of benzene rings is 1. The molecule has 0 spiro atoms. The molecule has 0 atom stereocenters. The van der Waals surface area contributed by atoms with Crippen LogP contribution in [0, 0.1) is 5.92 Å². The fourth-order valence-electron chi connectivity index (χ4n) is 1.72. The third-order valence-electron chi connectivity index (χ3n) is 2.41. The van der Waals surface area contributed by atoms with Crippen molar-refractivity contribution in [2.24, 2.45) is 11.7 Å². The zero-order chi connectivity index (χ0) is 12.1. The SMILES string of the molecule is COc1ccc(CC(N)=O)c(CC(C)C)c1. The number of hydrogen-bond donors (Lipinski definition) is 1. The van der Waals surface area contributed by atoms with E-state index in [4.69, 9.17) is 10.5 Å². The monoisotopic (exact) mass is 221 g/mol. The van der Waals surface area contributed by atoms with Gasteiger partial charge in [-0.3, -0.25) is 4.79 Å². The standard InChI is InChI=1S/C13H19NO2/c1-9(2)6-11-7-12(16-3)5-4-10(11)8-13(14)15/h4-5,7,9H,6,8H2,1-3H3,(H2,14,15). The Kier molecular flexibility index (Phi) is 4.35. The molecule has 0 aliphatic heterocycles. The Morgan fingerprint density at radius 1 is 1.38 bits per heavy atom. The molecule has 88 valence electrons. The lowest BCUT2D eigenvalue weighted by Gasteiger charge is -2.12. The quantitative estimate of drug-likeness (QED) is 0.825. The minimum absolute atomic E-state index is 0.296. The van der Waals surface area contributed by atoms with E-state index >= 15 is 0 Å². The Balaban J connectivity index is 3.00. The van der Waals surface area contributed by atoms with Gasteiger partial charge in [0.15, 0.2) is 0 Å². The normalized spacial score (nSPS) is 10.5. The number of carbonyl (C=O) groups is 1. The van der Waals surface area contributed by atoms with Gasteiger partial charge >= 0.3 is 0 Å². The molecule has 2 N–H and O–H groups in total. The summed E-state index contributed by atoms with van der Waals surface area (Å²) in [6.07, 6.45) is 1.23. The van der Waals surface area contributed by atoms with Crippen LogP contribution in [0.1, 0.15) is 25.0 Å². The zero-order valence-electron chi connectivity index (χ0n) is 10.1. The van der Waals surface area contributed by atoms with Gasteiger partial charge in [0, 0.05) is 0 Å². The van der Waals surface area contributed by atoms with Crippen LogP contribution in [0.25, 0.3) is 0 Å². The van der Waals surface area contributed by atoms with Gasteiger partial charge in [-0.2, -0.15) is 0 Å². The average molecular weight is 221 g/mol. The maximum absolute atomic E-state index is 11.0. The van der Waals surface area contributed by atoms with Crippen LogP contribution in [0.15, 0.2) is 18.2 Å². The van der Waals surface area contributed by atoms with E-state index < -0.39 is 0 Å². The molecule has 0 bridgehead atoms. The first kappa shape index (κ1) is 12.6. The van der Waals surface area contributed by atoms with Crippen LogP contribution in [0.4, 0.5) is 0 Å². The van der Waals surface area contributed by atoms with Gasteiger partial charge in [-0.1, -0.05) is 19.9 Å². The Labute approximate surface area is 96.6 Å².